The Bertz CT molecular complexity index is 438. The Labute approximate surface area is 129 Å². The van der Waals surface area contributed by atoms with E-state index in [0.717, 1.165) is 48.0 Å². The van der Waals surface area contributed by atoms with E-state index < -0.39 is 0 Å². The van der Waals surface area contributed by atoms with E-state index in [2.05, 4.69) is 41.2 Å². The van der Waals surface area contributed by atoms with Crippen molar-refractivity contribution < 1.29 is 9.84 Å². The molecule has 2 N–H and O–H groups in total. The van der Waals surface area contributed by atoms with E-state index in [-0.39, 0.29) is 18.2 Å². The smallest absolute Gasteiger partial charge is 0.125 e. The van der Waals surface area contributed by atoms with Crippen molar-refractivity contribution in [1.29, 1.82) is 0 Å². The predicted octanol–water partition coefficient (Wildman–Crippen LogP) is 3.80. The first-order valence-corrected chi connectivity index (χ1v) is 8.28. The van der Waals surface area contributed by atoms with Gasteiger partial charge in [0.05, 0.1) is 6.10 Å². The number of aliphatic hydroxyl groups is 1. The fourth-order valence-corrected chi connectivity index (χ4v) is 3.10. The monoisotopic (exact) mass is 341 g/mol. The van der Waals surface area contributed by atoms with Gasteiger partial charge in [-0.25, -0.2) is 0 Å². The van der Waals surface area contributed by atoms with Crippen LogP contribution in [0.5, 0.6) is 5.75 Å². The third kappa shape index (κ3) is 3.96. The van der Waals surface area contributed by atoms with Crippen molar-refractivity contribution in [2.75, 3.05) is 6.54 Å². The summed E-state index contributed by atoms with van der Waals surface area (Å²) in [4.78, 5) is 0. The highest BCUT2D eigenvalue weighted by Gasteiger charge is 2.26. The summed E-state index contributed by atoms with van der Waals surface area (Å²) in [5, 5.41) is 13.5. The van der Waals surface area contributed by atoms with E-state index in [1.807, 2.05) is 12.1 Å². The van der Waals surface area contributed by atoms with Crippen molar-refractivity contribution in [2.24, 2.45) is 0 Å². The van der Waals surface area contributed by atoms with E-state index in [1.54, 1.807) is 0 Å². The summed E-state index contributed by atoms with van der Waals surface area (Å²) in [5.74, 6) is 0.874. The van der Waals surface area contributed by atoms with E-state index in [1.165, 1.54) is 0 Å². The first-order chi connectivity index (χ1) is 9.61. The Balaban J connectivity index is 2.18. The molecule has 0 heterocycles. The van der Waals surface area contributed by atoms with Gasteiger partial charge in [-0.2, -0.15) is 0 Å². The number of ether oxygens (including phenoxy) is 1. The van der Waals surface area contributed by atoms with Crippen LogP contribution in [-0.2, 0) is 0 Å². The average Bonchev–Trinajstić information content (AvgIpc) is 2.42. The standard InChI is InChI=1S/C16H24BrNO2/c1-3-18-11(2)13-9-8-12(17)10-16(13)20-15-7-5-4-6-14(15)19/h8-11,14-15,18-19H,3-7H2,1-2H3. The lowest BCUT2D eigenvalue weighted by atomic mass is 9.94. The first-order valence-electron chi connectivity index (χ1n) is 7.49. The summed E-state index contributed by atoms with van der Waals surface area (Å²) in [6, 6.07) is 6.36. The number of nitrogens with one attached hydrogen (secondary N) is 1. The zero-order chi connectivity index (χ0) is 14.5. The van der Waals surface area contributed by atoms with Crippen molar-refractivity contribution in [3.05, 3.63) is 28.2 Å². The number of halogens is 1. The number of hydrogen-bond donors (Lipinski definition) is 2. The topological polar surface area (TPSA) is 41.5 Å². The SMILES string of the molecule is CCNC(C)c1ccc(Br)cc1OC1CCCCC1O. The maximum Gasteiger partial charge on any atom is 0.125 e. The second-order valence-corrected chi connectivity index (χ2v) is 6.39. The van der Waals surface area contributed by atoms with Crippen LogP contribution in [0.4, 0.5) is 0 Å². The summed E-state index contributed by atoms with van der Waals surface area (Å²) < 4.78 is 7.13. The summed E-state index contributed by atoms with van der Waals surface area (Å²) in [6.07, 6.45) is 3.59. The second-order valence-electron chi connectivity index (χ2n) is 5.47. The van der Waals surface area contributed by atoms with E-state index in [4.69, 9.17) is 4.74 Å². The Morgan fingerprint density at radius 3 is 2.85 bits per heavy atom. The van der Waals surface area contributed by atoms with E-state index in [0.29, 0.717) is 0 Å². The molecule has 0 aliphatic heterocycles. The lowest BCUT2D eigenvalue weighted by Gasteiger charge is -2.30. The molecule has 1 aliphatic rings. The van der Waals surface area contributed by atoms with Crippen molar-refractivity contribution >= 4 is 15.9 Å². The van der Waals surface area contributed by atoms with Crippen LogP contribution in [0, 0.1) is 0 Å². The highest BCUT2D eigenvalue weighted by atomic mass is 79.9. The minimum absolute atomic E-state index is 0.0781. The summed E-state index contributed by atoms with van der Waals surface area (Å²) in [7, 11) is 0. The number of hydrogen-bond acceptors (Lipinski definition) is 3. The van der Waals surface area contributed by atoms with Crippen molar-refractivity contribution in [3.8, 4) is 5.75 Å². The third-order valence-corrected chi connectivity index (χ3v) is 4.39. The van der Waals surface area contributed by atoms with Gasteiger partial charge in [0.1, 0.15) is 11.9 Å². The molecule has 20 heavy (non-hydrogen) atoms. The number of aliphatic hydroxyl groups excluding tert-OH is 1. The zero-order valence-electron chi connectivity index (χ0n) is 12.2. The molecule has 0 saturated heterocycles. The summed E-state index contributed by atoms with van der Waals surface area (Å²) in [6.45, 7) is 5.15. The van der Waals surface area contributed by atoms with Gasteiger partial charge in [0.15, 0.2) is 0 Å². The third-order valence-electron chi connectivity index (χ3n) is 3.90. The van der Waals surface area contributed by atoms with E-state index in [9.17, 15) is 5.11 Å². The predicted molar refractivity (Wildman–Crippen MR) is 85.1 cm³/mol. The summed E-state index contributed by atoms with van der Waals surface area (Å²) >= 11 is 3.50. The molecule has 0 radical (unpaired) electrons. The molecule has 2 rings (SSSR count). The van der Waals surface area contributed by atoms with Gasteiger partial charge in [-0.05, 0) is 44.9 Å². The van der Waals surface area contributed by atoms with Crippen LogP contribution in [0.15, 0.2) is 22.7 Å². The zero-order valence-corrected chi connectivity index (χ0v) is 13.8. The first kappa shape index (κ1) is 15.8. The molecule has 1 aromatic rings. The number of benzene rings is 1. The van der Waals surface area contributed by atoms with Crippen LogP contribution >= 0.6 is 15.9 Å². The molecular formula is C16H24BrNO2. The highest BCUT2D eigenvalue weighted by Crippen LogP contribution is 2.32. The van der Waals surface area contributed by atoms with Crippen LogP contribution < -0.4 is 10.1 Å². The minimum atomic E-state index is -0.343. The molecule has 1 aromatic carbocycles. The molecule has 0 aromatic heterocycles. The molecule has 3 atom stereocenters. The highest BCUT2D eigenvalue weighted by molar-refractivity contribution is 9.10. The van der Waals surface area contributed by atoms with Crippen molar-refractivity contribution in [3.63, 3.8) is 0 Å². The lowest BCUT2D eigenvalue weighted by molar-refractivity contribution is 0.00616. The molecular weight excluding hydrogens is 318 g/mol. The normalized spacial score (nSPS) is 24.4. The molecule has 4 heteroatoms. The molecule has 0 amide bonds. The van der Waals surface area contributed by atoms with Gasteiger partial charge < -0.3 is 15.2 Å². The fourth-order valence-electron chi connectivity index (χ4n) is 2.76. The van der Waals surface area contributed by atoms with Crippen LogP contribution in [0.1, 0.15) is 51.1 Å². The Morgan fingerprint density at radius 1 is 1.40 bits per heavy atom. The van der Waals surface area contributed by atoms with Crippen LogP contribution in [0.25, 0.3) is 0 Å². The van der Waals surface area contributed by atoms with Crippen LogP contribution in [0.2, 0.25) is 0 Å². The molecule has 0 bridgehead atoms. The lowest BCUT2D eigenvalue weighted by Crippen LogP contribution is -2.35. The molecule has 1 aliphatic carbocycles. The van der Waals surface area contributed by atoms with Gasteiger partial charge in [0, 0.05) is 16.1 Å². The molecule has 112 valence electrons. The number of rotatable bonds is 5. The Kier molecular flexibility index (Phi) is 5.87. The van der Waals surface area contributed by atoms with Gasteiger partial charge >= 0.3 is 0 Å². The molecule has 3 nitrogen and oxygen atoms in total. The van der Waals surface area contributed by atoms with Gasteiger partial charge in [0.2, 0.25) is 0 Å². The van der Waals surface area contributed by atoms with Gasteiger partial charge in [0.25, 0.3) is 0 Å². The van der Waals surface area contributed by atoms with Gasteiger partial charge in [-0.3, -0.25) is 0 Å². The Morgan fingerprint density at radius 2 is 2.15 bits per heavy atom. The summed E-state index contributed by atoms with van der Waals surface area (Å²) in [5.41, 5.74) is 1.15. The van der Waals surface area contributed by atoms with Crippen molar-refractivity contribution in [1.82, 2.24) is 5.32 Å². The minimum Gasteiger partial charge on any atom is -0.487 e. The van der Waals surface area contributed by atoms with Crippen LogP contribution in [0.3, 0.4) is 0 Å². The second kappa shape index (κ2) is 7.43. The van der Waals surface area contributed by atoms with Gasteiger partial charge in [-0.1, -0.05) is 35.3 Å². The molecule has 1 saturated carbocycles. The Hall–Kier alpha value is -0.580. The van der Waals surface area contributed by atoms with E-state index >= 15 is 0 Å². The molecule has 0 spiro atoms. The van der Waals surface area contributed by atoms with Crippen molar-refractivity contribution in [2.45, 2.75) is 57.8 Å². The maximum absolute atomic E-state index is 10.1. The molecule has 1 fully saturated rings. The average molecular weight is 342 g/mol. The largest absolute Gasteiger partial charge is 0.487 e. The maximum atomic E-state index is 10.1. The molecule has 3 unspecified atom stereocenters. The fraction of sp³-hybridized carbons (Fsp3) is 0.625. The van der Waals surface area contributed by atoms with Gasteiger partial charge in [-0.15, -0.1) is 0 Å². The van der Waals surface area contributed by atoms with Crippen LogP contribution in [-0.4, -0.2) is 23.9 Å². The quantitative estimate of drug-likeness (QED) is 0.855.